The fraction of sp³-hybridized carbons (Fsp3) is 0.212. The van der Waals surface area contributed by atoms with Gasteiger partial charge in [0.05, 0.1) is 18.9 Å². The van der Waals surface area contributed by atoms with E-state index >= 15 is 0 Å². The number of amides is 2. The molecule has 2 aliphatic rings. The first kappa shape index (κ1) is 26.8. The smallest absolute Gasteiger partial charge is 0.258 e. The van der Waals surface area contributed by atoms with Crippen LogP contribution in [0.15, 0.2) is 79.3 Å². The van der Waals surface area contributed by atoms with E-state index in [0.717, 1.165) is 28.2 Å². The minimum Gasteiger partial charge on any atom is -0.378 e. The Hall–Kier alpha value is -5.09. The van der Waals surface area contributed by atoms with Crippen molar-refractivity contribution in [1.82, 2.24) is 19.3 Å². The maximum absolute atomic E-state index is 14.2. The maximum atomic E-state index is 14.2. The van der Waals surface area contributed by atoms with Crippen molar-refractivity contribution in [2.45, 2.75) is 13.3 Å². The molecule has 0 atom stereocenters. The van der Waals surface area contributed by atoms with E-state index in [1.54, 1.807) is 35.1 Å². The van der Waals surface area contributed by atoms with Gasteiger partial charge in [-0.3, -0.25) is 9.59 Å². The van der Waals surface area contributed by atoms with Crippen LogP contribution in [0, 0.1) is 12.7 Å². The molecule has 0 radical (unpaired) electrons. The molecule has 5 aromatic rings. The lowest BCUT2D eigenvalue weighted by molar-refractivity contribution is 0.0303. The van der Waals surface area contributed by atoms with Gasteiger partial charge in [0.15, 0.2) is 11.5 Å². The Balaban J connectivity index is 1.18. The number of morpholine rings is 1. The largest absolute Gasteiger partial charge is 0.378 e. The Labute approximate surface area is 247 Å². The van der Waals surface area contributed by atoms with E-state index in [9.17, 15) is 14.0 Å². The summed E-state index contributed by atoms with van der Waals surface area (Å²) < 4.78 is 21.5. The molecular weight excluding hydrogens is 547 g/mol. The van der Waals surface area contributed by atoms with Crippen molar-refractivity contribution >= 4 is 34.7 Å². The molecular formula is C33H29FN6O3. The molecule has 7 rings (SSSR count). The van der Waals surface area contributed by atoms with E-state index in [1.165, 1.54) is 6.07 Å². The van der Waals surface area contributed by atoms with Crippen LogP contribution in [0.25, 0.3) is 16.9 Å². The second-order valence-electron chi connectivity index (χ2n) is 10.7. The average Bonchev–Trinajstić information content (AvgIpc) is 3.70. The predicted octanol–water partition coefficient (Wildman–Crippen LogP) is 5.26. The van der Waals surface area contributed by atoms with Crippen LogP contribution in [0.3, 0.4) is 0 Å². The van der Waals surface area contributed by atoms with Gasteiger partial charge < -0.3 is 24.3 Å². The van der Waals surface area contributed by atoms with Crippen molar-refractivity contribution in [3.05, 3.63) is 107 Å². The number of fused-ring (bicyclic) bond motifs is 2. The number of aromatic nitrogens is 3. The second-order valence-corrected chi connectivity index (χ2v) is 10.7. The summed E-state index contributed by atoms with van der Waals surface area (Å²) in [4.78, 5) is 39.2. The lowest BCUT2D eigenvalue weighted by Gasteiger charge is -2.26. The first-order chi connectivity index (χ1) is 21.0. The number of imidazole rings is 1. The molecule has 43 heavy (non-hydrogen) atoms. The molecule has 216 valence electrons. The SMILES string of the molecule is Cc1ccc(C(=O)N2CCc3c(-c4cn5ccnc5c(Nc5ccc(C(=O)N6CCOCC6)cc5)n4)cccc32)cc1F. The first-order valence-corrected chi connectivity index (χ1v) is 14.2. The number of nitrogens with zero attached hydrogens (tertiary/aromatic N) is 5. The van der Waals surface area contributed by atoms with Gasteiger partial charge >= 0.3 is 0 Å². The van der Waals surface area contributed by atoms with Crippen molar-refractivity contribution in [1.29, 1.82) is 0 Å². The van der Waals surface area contributed by atoms with Gasteiger partial charge in [-0.05, 0) is 66.9 Å². The highest BCUT2D eigenvalue weighted by Crippen LogP contribution is 2.37. The molecule has 0 saturated carbocycles. The molecule has 9 nitrogen and oxygen atoms in total. The molecule has 1 N–H and O–H groups in total. The van der Waals surface area contributed by atoms with Crippen LogP contribution in [-0.2, 0) is 11.2 Å². The van der Waals surface area contributed by atoms with Gasteiger partial charge in [0, 0.05) is 66.3 Å². The number of carbonyl (C=O) groups excluding carboxylic acids is 2. The van der Waals surface area contributed by atoms with Crippen LogP contribution in [0.1, 0.15) is 31.8 Å². The van der Waals surface area contributed by atoms with Gasteiger partial charge in [0.2, 0.25) is 0 Å². The van der Waals surface area contributed by atoms with E-state index in [4.69, 9.17) is 9.72 Å². The third-order valence-corrected chi connectivity index (χ3v) is 8.03. The monoisotopic (exact) mass is 576 g/mol. The average molecular weight is 577 g/mol. The fourth-order valence-electron chi connectivity index (χ4n) is 5.69. The maximum Gasteiger partial charge on any atom is 0.258 e. The molecule has 2 amide bonds. The van der Waals surface area contributed by atoms with E-state index < -0.39 is 5.82 Å². The van der Waals surface area contributed by atoms with E-state index in [-0.39, 0.29) is 11.8 Å². The Morgan fingerprint density at radius 2 is 1.74 bits per heavy atom. The third-order valence-electron chi connectivity index (χ3n) is 8.03. The minimum absolute atomic E-state index is 0.0106. The zero-order chi connectivity index (χ0) is 29.5. The lowest BCUT2D eigenvalue weighted by Crippen LogP contribution is -2.40. The topological polar surface area (TPSA) is 92.1 Å². The number of hydrogen-bond acceptors (Lipinski definition) is 6. The van der Waals surface area contributed by atoms with Crippen LogP contribution < -0.4 is 10.2 Å². The number of nitrogens with one attached hydrogen (secondary N) is 1. The summed E-state index contributed by atoms with van der Waals surface area (Å²) in [5, 5.41) is 3.38. The normalized spacial score (nSPS) is 14.7. The highest BCUT2D eigenvalue weighted by Gasteiger charge is 2.28. The zero-order valence-corrected chi connectivity index (χ0v) is 23.6. The summed E-state index contributed by atoms with van der Waals surface area (Å²) in [6.45, 7) is 4.46. The summed E-state index contributed by atoms with van der Waals surface area (Å²) >= 11 is 0. The molecule has 1 fully saturated rings. The number of halogens is 1. The Kier molecular flexibility index (Phi) is 6.83. The molecule has 4 heterocycles. The zero-order valence-electron chi connectivity index (χ0n) is 23.6. The summed E-state index contributed by atoms with van der Waals surface area (Å²) in [5.41, 5.74) is 6.31. The van der Waals surface area contributed by atoms with Crippen LogP contribution in [0.4, 0.5) is 21.6 Å². The van der Waals surface area contributed by atoms with Gasteiger partial charge in [-0.25, -0.2) is 14.4 Å². The van der Waals surface area contributed by atoms with E-state index in [1.807, 2.05) is 59.3 Å². The number of ether oxygens (including phenoxy) is 1. The van der Waals surface area contributed by atoms with Gasteiger partial charge in [0.25, 0.3) is 11.8 Å². The number of aryl methyl sites for hydroxylation is 1. The van der Waals surface area contributed by atoms with E-state index in [0.29, 0.717) is 67.4 Å². The number of hydrogen-bond donors (Lipinski definition) is 1. The molecule has 2 aliphatic heterocycles. The van der Waals surface area contributed by atoms with Gasteiger partial charge in [-0.1, -0.05) is 18.2 Å². The quantitative estimate of drug-likeness (QED) is 0.307. The highest BCUT2D eigenvalue weighted by atomic mass is 19.1. The number of benzene rings is 3. The van der Waals surface area contributed by atoms with Crippen LogP contribution in [-0.4, -0.2) is 63.9 Å². The molecule has 0 unspecified atom stereocenters. The Morgan fingerprint density at radius 1 is 0.953 bits per heavy atom. The Morgan fingerprint density at radius 3 is 2.53 bits per heavy atom. The molecule has 0 bridgehead atoms. The van der Waals surface area contributed by atoms with Crippen LogP contribution in [0.2, 0.25) is 0 Å². The standard InChI is InChI=1S/C33H29FN6O3/c1-21-5-6-23(19-27(21)34)33(42)40-13-11-26-25(3-2-4-29(26)40)28-20-39-14-12-35-31(39)30(37-28)36-24-9-7-22(8-10-24)32(41)38-15-17-43-18-16-38/h2-10,12,14,19-20H,11,13,15-18H2,1H3,(H,36,37). The van der Waals surface area contributed by atoms with Crippen molar-refractivity contribution in [3.63, 3.8) is 0 Å². The molecule has 3 aromatic carbocycles. The number of carbonyl (C=O) groups is 2. The predicted molar refractivity (Wildman–Crippen MR) is 161 cm³/mol. The molecule has 1 saturated heterocycles. The third kappa shape index (κ3) is 4.99. The van der Waals surface area contributed by atoms with Crippen LogP contribution >= 0.6 is 0 Å². The van der Waals surface area contributed by atoms with E-state index in [2.05, 4.69) is 10.3 Å². The number of anilines is 3. The van der Waals surface area contributed by atoms with Gasteiger partial charge in [-0.2, -0.15) is 0 Å². The van der Waals surface area contributed by atoms with Crippen molar-refractivity contribution < 1.29 is 18.7 Å². The second kappa shape index (κ2) is 11.0. The van der Waals surface area contributed by atoms with Crippen LogP contribution in [0.5, 0.6) is 0 Å². The summed E-state index contributed by atoms with van der Waals surface area (Å²) in [6.07, 6.45) is 6.15. The molecule has 0 spiro atoms. The Bertz CT molecular complexity index is 1860. The molecule has 2 aromatic heterocycles. The van der Waals surface area contributed by atoms with Crippen molar-refractivity contribution in [2.24, 2.45) is 0 Å². The van der Waals surface area contributed by atoms with Gasteiger partial charge in [0.1, 0.15) is 5.82 Å². The minimum atomic E-state index is -0.393. The highest BCUT2D eigenvalue weighted by molar-refractivity contribution is 6.08. The lowest BCUT2D eigenvalue weighted by atomic mass is 10.0. The number of rotatable bonds is 5. The summed E-state index contributed by atoms with van der Waals surface area (Å²) in [7, 11) is 0. The molecule has 10 heteroatoms. The van der Waals surface area contributed by atoms with Gasteiger partial charge in [-0.15, -0.1) is 0 Å². The molecule has 0 aliphatic carbocycles. The summed E-state index contributed by atoms with van der Waals surface area (Å²) in [6, 6.07) is 17.8. The van der Waals surface area contributed by atoms with Crippen molar-refractivity contribution in [2.75, 3.05) is 43.1 Å². The first-order valence-electron chi connectivity index (χ1n) is 14.2. The van der Waals surface area contributed by atoms with Crippen molar-refractivity contribution in [3.8, 4) is 11.3 Å². The fourth-order valence-corrected chi connectivity index (χ4v) is 5.69. The summed E-state index contributed by atoms with van der Waals surface area (Å²) in [5.74, 6) is -0.0713.